The number of carbonyl (C=O) groups excluding carboxylic acids is 1. The van der Waals surface area contributed by atoms with Crippen LogP contribution < -0.4 is 5.43 Å². The van der Waals surface area contributed by atoms with Crippen LogP contribution in [-0.4, -0.2) is 17.2 Å². The Balaban J connectivity index is 2.04. The number of phenolic OH excluding ortho intramolecular Hbond substituents is 1. The fourth-order valence-corrected chi connectivity index (χ4v) is 2.23. The summed E-state index contributed by atoms with van der Waals surface area (Å²) in [5.74, 6) is -0.237. The van der Waals surface area contributed by atoms with Crippen LogP contribution in [0.2, 0.25) is 0 Å². The third-order valence-electron chi connectivity index (χ3n) is 2.45. The molecule has 6 heteroatoms. The molecule has 0 fully saturated rings. The molecule has 1 amide bonds. The summed E-state index contributed by atoms with van der Waals surface area (Å²) >= 11 is 6.54. The van der Waals surface area contributed by atoms with Gasteiger partial charge in [-0.25, -0.2) is 5.43 Å². The lowest BCUT2D eigenvalue weighted by Gasteiger charge is -2.01. The summed E-state index contributed by atoms with van der Waals surface area (Å²) in [6, 6.07) is 12.0. The zero-order valence-corrected chi connectivity index (χ0v) is 13.3. The van der Waals surface area contributed by atoms with E-state index in [-0.39, 0.29) is 11.7 Å². The Morgan fingerprint density at radius 3 is 2.60 bits per heavy atom. The predicted molar refractivity (Wildman–Crippen MR) is 85.0 cm³/mol. The van der Waals surface area contributed by atoms with Crippen molar-refractivity contribution in [3.63, 3.8) is 0 Å². The summed E-state index contributed by atoms with van der Waals surface area (Å²) in [6.07, 6.45) is 1.39. The number of amides is 1. The van der Waals surface area contributed by atoms with Gasteiger partial charge in [0.1, 0.15) is 5.75 Å². The zero-order valence-electron chi connectivity index (χ0n) is 10.2. The molecule has 0 saturated carbocycles. The van der Waals surface area contributed by atoms with Crippen LogP contribution in [0.4, 0.5) is 0 Å². The Labute approximate surface area is 132 Å². The quantitative estimate of drug-likeness (QED) is 0.612. The van der Waals surface area contributed by atoms with Gasteiger partial charge in [0.25, 0.3) is 5.91 Å². The molecule has 0 aliphatic heterocycles. The Morgan fingerprint density at radius 2 is 1.90 bits per heavy atom. The molecule has 0 heterocycles. The van der Waals surface area contributed by atoms with Gasteiger partial charge in [-0.3, -0.25) is 4.79 Å². The smallest absolute Gasteiger partial charge is 0.271 e. The van der Waals surface area contributed by atoms with Crippen molar-refractivity contribution in [3.05, 3.63) is 62.5 Å². The minimum absolute atomic E-state index is 0.0832. The highest BCUT2D eigenvalue weighted by molar-refractivity contribution is 9.10. The van der Waals surface area contributed by atoms with Crippen molar-refractivity contribution in [1.82, 2.24) is 5.43 Å². The lowest BCUT2D eigenvalue weighted by molar-refractivity contribution is 0.0955. The van der Waals surface area contributed by atoms with Gasteiger partial charge in [-0.2, -0.15) is 5.10 Å². The lowest BCUT2D eigenvalue weighted by Crippen LogP contribution is -2.17. The van der Waals surface area contributed by atoms with Crippen LogP contribution >= 0.6 is 31.9 Å². The van der Waals surface area contributed by atoms with Crippen molar-refractivity contribution in [2.45, 2.75) is 0 Å². The fraction of sp³-hybridized carbons (Fsp3) is 0. The Kier molecular flexibility index (Phi) is 4.92. The normalized spacial score (nSPS) is 10.7. The summed E-state index contributed by atoms with van der Waals surface area (Å²) in [6.45, 7) is 0. The number of nitrogens with zero attached hydrogens (tertiary/aromatic N) is 1. The number of aromatic hydroxyl groups is 1. The molecule has 2 N–H and O–H groups in total. The minimum atomic E-state index is -0.320. The van der Waals surface area contributed by atoms with Gasteiger partial charge in [0.05, 0.1) is 6.21 Å². The van der Waals surface area contributed by atoms with E-state index in [1.807, 2.05) is 6.07 Å². The number of benzene rings is 2. The summed E-state index contributed by atoms with van der Waals surface area (Å²) < 4.78 is 1.59. The van der Waals surface area contributed by atoms with E-state index in [1.165, 1.54) is 6.21 Å². The zero-order chi connectivity index (χ0) is 14.5. The SMILES string of the molecule is O=C(N/N=C/c1ccc(Br)cc1O)c1cccc(Br)c1. The highest BCUT2D eigenvalue weighted by Gasteiger charge is 2.04. The minimum Gasteiger partial charge on any atom is -0.507 e. The molecule has 0 aromatic heterocycles. The molecule has 2 rings (SSSR count). The second kappa shape index (κ2) is 6.67. The second-order valence-corrected chi connectivity index (χ2v) is 5.74. The van der Waals surface area contributed by atoms with Crippen LogP contribution in [0.5, 0.6) is 5.75 Å². The van der Waals surface area contributed by atoms with E-state index in [9.17, 15) is 9.90 Å². The highest BCUT2D eigenvalue weighted by atomic mass is 79.9. The lowest BCUT2D eigenvalue weighted by atomic mass is 10.2. The Morgan fingerprint density at radius 1 is 1.15 bits per heavy atom. The van der Waals surface area contributed by atoms with E-state index in [1.54, 1.807) is 36.4 Å². The number of hydrazone groups is 1. The molecule has 0 bridgehead atoms. The van der Waals surface area contributed by atoms with Gasteiger partial charge in [0.2, 0.25) is 0 Å². The number of hydrogen-bond donors (Lipinski definition) is 2. The third kappa shape index (κ3) is 3.91. The van der Waals surface area contributed by atoms with Gasteiger partial charge < -0.3 is 5.11 Å². The van der Waals surface area contributed by atoms with Gasteiger partial charge in [-0.1, -0.05) is 37.9 Å². The van der Waals surface area contributed by atoms with Gasteiger partial charge in [-0.15, -0.1) is 0 Å². The van der Waals surface area contributed by atoms with Gasteiger partial charge >= 0.3 is 0 Å². The van der Waals surface area contributed by atoms with Crippen LogP contribution in [0, 0.1) is 0 Å². The maximum Gasteiger partial charge on any atom is 0.271 e. The Hall–Kier alpha value is -1.66. The largest absolute Gasteiger partial charge is 0.507 e. The summed E-state index contributed by atoms with van der Waals surface area (Å²) in [4.78, 5) is 11.8. The number of halogens is 2. The average Bonchev–Trinajstić information content (AvgIpc) is 2.41. The summed E-state index contributed by atoms with van der Waals surface area (Å²) in [7, 11) is 0. The van der Waals surface area contributed by atoms with E-state index >= 15 is 0 Å². The Bertz CT molecular complexity index is 672. The first-order valence-corrected chi connectivity index (χ1v) is 7.22. The first-order chi connectivity index (χ1) is 9.56. The van der Waals surface area contributed by atoms with E-state index in [4.69, 9.17) is 0 Å². The number of rotatable bonds is 3. The molecular weight excluding hydrogens is 388 g/mol. The molecule has 20 heavy (non-hydrogen) atoms. The molecule has 0 saturated heterocycles. The number of nitrogens with one attached hydrogen (secondary N) is 1. The van der Waals surface area contributed by atoms with Crippen LogP contribution in [0.25, 0.3) is 0 Å². The standard InChI is InChI=1S/C14H10Br2N2O2/c15-11-3-1-2-9(6-11)14(20)18-17-8-10-4-5-12(16)7-13(10)19/h1-8,19H,(H,18,20)/b17-8+. The first kappa shape index (κ1) is 14.7. The first-order valence-electron chi connectivity index (χ1n) is 5.64. The molecule has 2 aromatic carbocycles. The van der Waals surface area contributed by atoms with E-state index < -0.39 is 0 Å². The molecule has 0 aliphatic carbocycles. The molecule has 2 aromatic rings. The van der Waals surface area contributed by atoms with Crippen molar-refractivity contribution in [2.75, 3.05) is 0 Å². The van der Waals surface area contributed by atoms with E-state index in [0.29, 0.717) is 11.1 Å². The van der Waals surface area contributed by atoms with Crippen molar-refractivity contribution >= 4 is 44.0 Å². The van der Waals surface area contributed by atoms with Crippen LogP contribution in [-0.2, 0) is 0 Å². The molecule has 0 radical (unpaired) electrons. The monoisotopic (exact) mass is 396 g/mol. The average molecular weight is 398 g/mol. The van der Waals surface area contributed by atoms with Crippen molar-refractivity contribution in [1.29, 1.82) is 0 Å². The van der Waals surface area contributed by atoms with Crippen molar-refractivity contribution in [2.24, 2.45) is 5.10 Å². The summed E-state index contributed by atoms with van der Waals surface area (Å²) in [5.41, 5.74) is 3.42. The summed E-state index contributed by atoms with van der Waals surface area (Å²) in [5, 5.41) is 13.5. The van der Waals surface area contributed by atoms with E-state index in [2.05, 4.69) is 42.4 Å². The fourth-order valence-electron chi connectivity index (χ4n) is 1.48. The molecule has 0 atom stereocenters. The number of phenols is 1. The second-order valence-electron chi connectivity index (χ2n) is 3.91. The van der Waals surface area contributed by atoms with Crippen LogP contribution in [0.3, 0.4) is 0 Å². The van der Waals surface area contributed by atoms with Crippen LogP contribution in [0.1, 0.15) is 15.9 Å². The molecule has 0 spiro atoms. The van der Waals surface area contributed by atoms with E-state index in [0.717, 1.165) is 8.95 Å². The number of carbonyl (C=O) groups is 1. The van der Waals surface area contributed by atoms with Crippen molar-refractivity contribution < 1.29 is 9.90 Å². The molecule has 4 nitrogen and oxygen atoms in total. The van der Waals surface area contributed by atoms with Crippen LogP contribution in [0.15, 0.2) is 56.5 Å². The maximum absolute atomic E-state index is 11.8. The third-order valence-corrected chi connectivity index (χ3v) is 3.44. The van der Waals surface area contributed by atoms with Crippen molar-refractivity contribution in [3.8, 4) is 5.75 Å². The predicted octanol–water partition coefficient (Wildman–Crippen LogP) is 3.68. The number of hydrogen-bond acceptors (Lipinski definition) is 3. The van der Waals surface area contributed by atoms with Gasteiger partial charge in [0, 0.05) is 20.1 Å². The molecular formula is C14H10Br2N2O2. The highest BCUT2D eigenvalue weighted by Crippen LogP contribution is 2.20. The van der Waals surface area contributed by atoms with Gasteiger partial charge in [-0.05, 0) is 36.4 Å². The topological polar surface area (TPSA) is 61.7 Å². The maximum atomic E-state index is 11.8. The molecule has 0 aliphatic rings. The molecule has 0 unspecified atom stereocenters. The molecule has 102 valence electrons. The van der Waals surface area contributed by atoms with Gasteiger partial charge in [0.15, 0.2) is 0 Å².